The molecule has 4 rings (SSSR count). The highest BCUT2D eigenvalue weighted by Crippen LogP contribution is 2.44. The predicted molar refractivity (Wildman–Crippen MR) is 108 cm³/mol. The number of nitrogens with one attached hydrogen (secondary N) is 1. The van der Waals surface area contributed by atoms with E-state index in [4.69, 9.17) is 0 Å². The zero-order chi connectivity index (χ0) is 19.0. The highest BCUT2D eigenvalue weighted by atomic mass is 79.9. The van der Waals surface area contributed by atoms with Crippen molar-refractivity contribution in [2.45, 2.75) is 50.3 Å². The van der Waals surface area contributed by atoms with Crippen molar-refractivity contribution >= 4 is 31.9 Å². The van der Waals surface area contributed by atoms with Crippen LogP contribution in [0.15, 0.2) is 28.7 Å². The third kappa shape index (κ3) is 4.40. The number of hydrogen-bond acceptors (Lipinski definition) is 3. The van der Waals surface area contributed by atoms with Gasteiger partial charge in [0.2, 0.25) is 15.9 Å². The first kappa shape index (κ1) is 19.4. The van der Waals surface area contributed by atoms with Crippen LogP contribution in [-0.2, 0) is 20.6 Å². The summed E-state index contributed by atoms with van der Waals surface area (Å²) in [6.45, 7) is 0.871. The molecule has 1 aromatic rings. The van der Waals surface area contributed by atoms with E-state index in [1.807, 2.05) is 24.3 Å². The van der Waals surface area contributed by atoms with Gasteiger partial charge in [-0.2, -0.15) is 0 Å². The van der Waals surface area contributed by atoms with Crippen molar-refractivity contribution in [2.75, 3.05) is 13.1 Å². The van der Waals surface area contributed by atoms with E-state index < -0.39 is 10.0 Å². The maximum atomic E-state index is 12.7. The summed E-state index contributed by atoms with van der Waals surface area (Å²) >= 11 is 3.38. The molecule has 7 heteroatoms. The number of carbonyl (C=O) groups excluding carboxylic acids is 1. The lowest BCUT2D eigenvalue weighted by molar-refractivity contribution is -0.127. The molecule has 2 saturated carbocycles. The monoisotopic (exact) mass is 454 g/mol. The zero-order valence-electron chi connectivity index (χ0n) is 15.4. The van der Waals surface area contributed by atoms with Gasteiger partial charge in [-0.15, -0.1) is 0 Å². The second-order valence-corrected chi connectivity index (χ2v) is 11.2. The summed E-state index contributed by atoms with van der Waals surface area (Å²) in [4.78, 5) is 12.6. The minimum atomic E-state index is -3.35. The van der Waals surface area contributed by atoms with Crippen LogP contribution in [0.4, 0.5) is 0 Å². The van der Waals surface area contributed by atoms with E-state index in [-0.39, 0.29) is 17.6 Å². The van der Waals surface area contributed by atoms with Crippen LogP contribution in [0, 0.1) is 17.8 Å². The minimum absolute atomic E-state index is 0.00838. The Bertz CT molecular complexity index is 805. The molecule has 148 valence electrons. The normalized spacial score (nSPS) is 29.1. The van der Waals surface area contributed by atoms with Crippen molar-refractivity contribution in [3.8, 4) is 0 Å². The lowest BCUT2D eigenvalue weighted by Gasteiger charge is -2.32. The molecule has 3 atom stereocenters. The highest BCUT2D eigenvalue weighted by Gasteiger charge is 2.41. The van der Waals surface area contributed by atoms with Gasteiger partial charge in [-0.25, -0.2) is 12.7 Å². The molecule has 27 heavy (non-hydrogen) atoms. The molecule has 1 aromatic carbocycles. The Morgan fingerprint density at radius 3 is 2.56 bits per heavy atom. The molecule has 0 unspecified atom stereocenters. The number of nitrogens with zero attached hydrogens (tertiary/aromatic N) is 1. The first-order chi connectivity index (χ1) is 12.9. The molecule has 2 bridgehead atoms. The van der Waals surface area contributed by atoms with E-state index in [0.29, 0.717) is 37.9 Å². The number of sulfonamides is 1. The average Bonchev–Trinajstić information content (AvgIpc) is 3.24. The third-order valence-corrected chi connectivity index (χ3v) is 8.87. The smallest absolute Gasteiger partial charge is 0.223 e. The number of piperidine rings is 1. The molecule has 0 radical (unpaired) electrons. The molecule has 1 heterocycles. The van der Waals surface area contributed by atoms with Crippen molar-refractivity contribution in [1.82, 2.24) is 9.62 Å². The van der Waals surface area contributed by atoms with Crippen molar-refractivity contribution in [2.24, 2.45) is 17.8 Å². The summed E-state index contributed by atoms with van der Waals surface area (Å²) in [5, 5.41) is 3.27. The number of hydrogen-bond donors (Lipinski definition) is 1. The number of benzene rings is 1. The summed E-state index contributed by atoms with van der Waals surface area (Å²) in [7, 11) is -3.35. The number of halogens is 1. The number of carbonyl (C=O) groups is 1. The Morgan fingerprint density at radius 2 is 1.93 bits per heavy atom. The molecule has 1 N–H and O–H groups in total. The van der Waals surface area contributed by atoms with Crippen LogP contribution >= 0.6 is 15.9 Å². The van der Waals surface area contributed by atoms with Crippen LogP contribution in [0.1, 0.15) is 44.1 Å². The van der Waals surface area contributed by atoms with Gasteiger partial charge in [0, 0.05) is 29.5 Å². The molecule has 1 saturated heterocycles. The average molecular weight is 455 g/mol. The summed E-state index contributed by atoms with van der Waals surface area (Å²) in [6.07, 6.45) is 6.22. The van der Waals surface area contributed by atoms with Crippen molar-refractivity contribution in [3.63, 3.8) is 0 Å². The predicted octanol–water partition coefficient (Wildman–Crippen LogP) is 3.30. The van der Waals surface area contributed by atoms with Gasteiger partial charge in [0.25, 0.3) is 0 Å². The quantitative estimate of drug-likeness (QED) is 0.741. The second-order valence-electron chi connectivity index (χ2n) is 8.35. The summed E-state index contributed by atoms with van der Waals surface area (Å²) in [5.41, 5.74) is 0.778. The lowest BCUT2D eigenvalue weighted by Crippen LogP contribution is -2.46. The van der Waals surface area contributed by atoms with Crippen LogP contribution in [0.2, 0.25) is 0 Å². The van der Waals surface area contributed by atoms with Crippen LogP contribution in [0.25, 0.3) is 0 Å². The van der Waals surface area contributed by atoms with E-state index in [1.165, 1.54) is 19.3 Å². The number of rotatable bonds is 5. The molecular formula is C20H27BrN2O3S. The van der Waals surface area contributed by atoms with E-state index in [0.717, 1.165) is 22.4 Å². The first-order valence-electron chi connectivity index (χ1n) is 9.93. The van der Waals surface area contributed by atoms with Gasteiger partial charge in [-0.05, 0) is 61.6 Å². The molecular weight excluding hydrogens is 428 g/mol. The van der Waals surface area contributed by atoms with Crippen molar-refractivity contribution in [1.29, 1.82) is 0 Å². The van der Waals surface area contributed by atoms with Crippen LogP contribution in [0.5, 0.6) is 0 Å². The molecule has 1 aliphatic heterocycles. The van der Waals surface area contributed by atoms with Crippen molar-refractivity contribution in [3.05, 3.63) is 34.3 Å². The maximum absolute atomic E-state index is 12.7. The Kier molecular flexibility index (Phi) is 5.63. The van der Waals surface area contributed by atoms with Gasteiger partial charge in [0.1, 0.15) is 0 Å². The van der Waals surface area contributed by atoms with Crippen LogP contribution in [-0.4, -0.2) is 37.8 Å². The lowest BCUT2D eigenvalue weighted by atomic mass is 9.93. The Labute approximate surface area is 170 Å². The number of amides is 1. The topological polar surface area (TPSA) is 66.5 Å². The van der Waals surface area contributed by atoms with Crippen LogP contribution < -0.4 is 5.32 Å². The molecule has 3 fully saturated rings. The molecule has 0 aromatic heterocycles. The highest BCUT2D eigenvalue weighted by molar-refractivity contribution is 9.10. The van der Waals surface area contributed by atoms with E-state index in [9.17, 15) is 13.2 Å². The van der Waals surface area contributed by atoms with E-state index >= 15 is 0 Å². The third-order valence-electron chi connectivity index (χ3n) is 6.52. The Hall–Kier alpha value is -0.920. The SMILES string of the molecule is O=C(N[C@H]1C[C@H]2CC[C@@H]1C2)C1CCN(S(=O)(=O)Cc2cccc(Br)c2)CC1. The fraction of sp³-hybridized carbons (Fsp3) is 0.650. The fourth-order valence-electron chi connectivity index (χ4n) is 5.05. The summed E-state index contributed by atoms with van der Waals surface area (Å²) in [5.74, 6) is 1.57. The Morgan fingerprint density at radius 1 is 1.15 bits per heavy atom. The minimum Gasteiger partial charge on any atom is -0.353 e. The summed E-state index contributed by atoms with van der Waals surface area (Å²) < 4.78 is 27.9. The first-order valence-corrected chi connectivity index (χ1v) is 12.3. The maximum Gasteiger partial charge on any atom is 0.223 e. The molecule has 3 aliphatic rings. The zero-order valence-corrected chi connectivity index (χ0v) is 17.8. The second kappa shape index (κ2) is 7.84. The standard InChI is InChI=1S/C20H27BrN2O3S/c21-18-3-1-2-15(11-18)13-27(25,26)23-8-6-16(7-9-23)20(24)22-19-12-14-4-5-17(19)10-14/h1-3,11,14,16-17,19H,4-10,12-13H2,(H,22,24)/t14-,17+,19-/m0/s1. The molecule has 1 amide bonds. The molecule has 0 spiro atoms. The van der Waals surface area contributed by atoms with Gasteiger partial charge in [-0.1, -0.05) is 34.5 Å². The fourth-order valence-corrected chi connectivity index (χ4v) is 7.04. The van der Waals surface area contributed by atoms with E-state index in [2.05, 4.69) is 21.2 Å². The Balaban J connectivity index is 1.29. The van der Waals surface area contributed by atoms with E-state index in [1.54, 1.807) is 4.31 Å². The van der Waals surface area contributed by atoms with Gasteiger partial charge in [0.05, 0.1) is 5.75 Å². The van der Waals surface area contributed by atoms with Gasteiger partial charge in [0.15, 0.2) is 0 Å². The van der Waals surface area contributed by atoms with Gasteiger partial charge in [-0.3, -0.25) is 4.79 Å². The van der Waals surface area contributed by atoms with Crippen LogP contribution in [0.3, 0.4) is 0 Å². The molecule has 5 nitrogen and oxygen atoms in total. The molecule has 2 aliphatic carbocycles. The largest absolute Gasteiger partial charge is 0.353 e. The van der Waals surface area contributed by atoms with Gasteiger partial charge < -0.3 is 5.32 Å². The van der Waals surface area contributed by atoms with Crippen molar-refractivity contribution < 1.29 is 13.2 Å². The summed E-state index contributed by atoms with van der Waals surface area (Å²) in [6, 6.07) is 7.76. The van der Waals surface area contributed by atoms with Gasteiger partial charge >= 0.3 is 0 Å². The number of fused-ring (bicyclic) bond motifs is 2.